The van der Waals surface area contributed by atoms with Gasteiger partial charge in [0.2, 0.25) is 5.89 Å². The number of nitrogens with zero attached hydrogens (tertiary/aromatic N) is 3. The normalized spacial score (nSPS) is 11.0. The summed E-state index contributed by atoms with van der Waals surface area (Å²) >= 11 is 7.51. The Morgan fingerprint density at radius 2 is 2.24 bits per heavy atom. The molecule has 1 N–H and O–H groups in total. The maximum Gasteiger partial charge on any atom is 0.343 e. The summed E-state index contributed by atoms with van der Waals surface area (Å²) < 4.78 is 6.89. The fourth-order valence-corrected chi connectivity index (χ4v) is 2.74. The zero-order chi connectivity index (χ0) is 14.8. The summed E-state index contributed by atoms with van der Waals surface area (Å²) in [6.45, 7) is 0. The average molecular weight is 323 g/mol. The van der Waals surface area contributed by atoms with Crippen molar-refractivity contribution in [3.63, 3.8) is 0 Å². The van der Waals surface area contributed by atoms with E-state index in [9.17, 15) is 4.79 Å². The van der Waals surface area contributed by atoms with Crippen LogP contribution in [0.4, 0.5) is 0 Å². The Morgan fingerprint density at radius 1 is 1.43 bits per heavy atom. The van der Waals surface area contributed by atoms with E-state index in [2.05, 4.69) is 15.2 Å². The van der Waals surface area contributed by atoms with E-state index in [4.69, 9.17) is 16.0 Å². The van der Waals surface area contributed by atoms with Crippen molar-refractivity contribution in [3.8, 4) is 11.5 Å². The lowest BCUT2D eigenvalue weighted by Gasteiger charge is -1.97. The third-order valence-electron chi connectivity index (χ3n) is 2.84. The van der Waals surface area contributed by atoms with E-state index in [1.165, 1.54) is 16.3 Å². The lowest BCUT2D eigenvalue weighted by molar-refractivity contribution is 0.573. The van der Waals surface area contributed by atoms with Crippen molar-refractivity contribution in [3.05, 3.63) is 51.7 Å². The van der Waals surface area contributed by atoms with Gasteiger partial charge >= 0.3 is 5.69 Å². The number of benzene rings is 1. The van der Waals surface area contributed by atoms with Gasteiger partial charge in [-0.25, -0.2) is 14.9 Å². The molecule has 0 aliphatic heterocycles. The molecule has 2 aromatic heterocycles. The first-order valence-corrected chi connectivity index (χ1v) is 7.45. The summed E-state index contributed by atoms with van der Waals surface area (Å²) in [6.07, 6.45) is 1.58. The average Bonchev–Trinajstić information content (AvgIpc) is 3.06. The van der Waals surface area contributed by atoms with Crippen molar-refractivity contribution in [2.75, 3.05) is 0 Å². The summed E-state index contributed by atoms with van der Waals surface area (Å²) in [5.41, 5.74) is 1.27. The van der Waals surface area contributed by atoms with E-state index in [1.807, 2.05) is 18.2 Å². The maximum atomic E-state index is 11.3. The van der Waals surface area contributed by atoms with Gasteiger partial charge in [-0.05, 0) is 12.1 Å². The second-order valence-corrected chi connectivity index (χ2v) is 5.63. The first kappa shape index (κ1) is 14.0. The molecule has 6 nitrogen and oxygen atoms in total. The summed E-state index contributed by atoms with van der Waals surface area (Å²) in [7, 11) is 1.66. The molecular weight excluding hydrogens is 312 g/mol. The van der Waals surface area contributed by atoms with Gasteiger partial charge in [-0.1, -0.05) is 35.5 Å². The van der Waals surface area contributed by atoms with Gasteiger partial charge in [0.05, 0.1) is 16.3 Å². The quantitative estimate of drug-likeness (QED) is 0.747. The van der Waals surface area contributed by atoms with Gasteiger partial charge in [0, 0.05) is 12.8 Å². The van der Waals surface area contributed by atoms with Crippen LogP contribution in [-0.4, -0.2) is 19.7 Å². The Balaban J connectivity index is 1.75. The molecule has 0 saturated carbocycles. The first-order chi connectivity index (χ1) is 10.1. The summed E-state index contributed by atoms with van der Waals surface area (Å²) in [4.78, 5) is 15.7. The minimum absolute atomic E-state index is 0.241. The largest absolute Gasteiger partial charge is 0.444 e. The Labute approximate surface area is 129 Å². The van der Waals surface area contributed by atoms with Crippen molar-refractivity contribution in [2.24, 2.45) is 7.05 Å². The molecule has 0 fully saturated rings. The van der Waals surface area contributed by atoms with E-state index in [0.29, 0.717) is 21.8 Å². The van der Waals surface area contributed by atoms with Gasteiger partial charge < -0.3 is 4.42 Å². The second kappa shape index (κ2) is 5.79. The molecule has 0 bridgehead atoms. The number of thioether (sulfide) groups is 1. The molecule has 8 heteroatoms. The predicted octanol–water partition coefficient (Wildman–Crippen LogP) is 2.71. The molecule has 0 saturated heterocycles. The molecule has 3 aromatic rings. The predicted molar refractivity (Wildman–Crippen MR) is 80.3 cm³/mol. The van der Waals surface area contributed by atoms with E-state index in [0.717, 1.165) is 11.3 Å². The van der Waals surface area contributed by atoms with Gasteiger partial charge in [-0.3, -0.25) is 4.57 Å². The molecule has 2 heterocycles. The van der Waals surface area contributed by atoms with Crippen LogP contribution in [0.1, 0.15) is 5.69 Å². The van der Waals surface area contributed by atoms with Gasteiger partial charge in [-0.15, -0.1) is 5.10 Å². The number of rotatable bonds is 4. The van der Waals surface area contributed by atoms with E-state index >= 15 is 0 Å². The number of nitrogens with one attached hydrogen (secondary N) is 1. The van der Waals surface area contributed by atoms with Crippen molar-refractivity contribution in [1.29, 1.82) is 0 Å². The zero-order valence-electron chi connectivity index (χ0n) is 11.0. The standard InChI is InChI=1S/C13H11ClN4O2S/c1-18-12(19)16-17-13(18)21-7-8-6-20-11(15-8)9-4-2-3-5-10(9)14/h2-6H,7H2,1H3,(H,16,19). The van der Waals surface area contributed by atoms with Crippen LogP contribution in [0.3, 0.4) is 0 Å². The Hall–Kier alpha value is -1.99. The lowest BCUT2D eigenvalue weighted by atomic mass is 10.2. The molecule has 0 atom stereocenters. The third kappa shape index (κ3) is 2.88. The minimum atomic E-state index is -0.241. The Kier molecular flexibility index (Phi) is 3.85. The van der Waals surface area contributed by atoms with Crippen LogP contribution < -0.4 is 5.69 Å². The monoisotopic (exact) mass is 322 g/mol. The molecule has 0 radical (unpaired) electrons. The zero-order valence-corrected chi connectivity index (χ0v) is 12.6. The SMILES string of the molecule is Cn1c(SCc2coc(-c3ccccc3Cl)n2)n[nH]c1=O. The highest BCUT2D eigenvalue weighted by Gasteiger charge is 2.11. The van der Waals surface area contributed by atoms with Crippen molar-refractivity contribution in [2.45, 2.75) is 10.9 Å². The molecule has 108 valence electrons. The van der Waals surface area contributed by atoms with Gasteiger partial charge in [0.1, 0.15) is 6.26 Å². The van der Waals surface area contributed by atoms with Crippen LogP contribution in [0.2, 0.25) is 5.02 Å². The van der Waals surface area contributed by atoms with Crippen molar-refractivity contribution >= 4 is 23.4 Å². The number of hydrogen-bond donors (Lipinski definition) is 1. The minimum Gasteiger partial charge on any atom is -0.444 e. The lowest BCUT2D eigenvalue weighted by Crippen LogP contribution is -2.12. The van der Waals surface area contributed by atoms with Crippen LogP contribution in [0.15, 0.2) is 44.9 Å². The smallest absolute Gasteiger partial charge is 0.343 e. The Morgan fingerprint density at radius 3 is 2.95 bits per heavy atom. The third-order valence-corrected chi connectivity index (χ3v) is 4.24. The molecule has 0 amide bonds. The van der Waals surface area contributed by atoms with Crippen LogP contribution >= 0.6 is 23.4 Å². The highest BCUT2D eigenvalue weighted by Crippen LogP contribution is 2.28. The fraction of sp³-hybridized carbons (Fsp3) is 0.154. The molecule has 3 rings (SSSR count). The first-order valence-electron chi connectivity index (χ1n) is 6.08. The topological polar surface area (TPSA) is 76.7 Å². The number of aromatic nitrogens is 4. The molecule has 0 spiro atoms. The summed E-state index contributed by atoms with van der Waals surface area (Å²) in [5.74, 6) is 1.03. The van der Waals surface area contributed by atoms with Gasteiger partial charge in [0.25, 0.3) is 0 Å². The number of oxazole rings is 1. The molecule has 21 heavy (non-hydrogen) atoms. The number of aromatic amines is 1. The van der Waals surface area contributed by atoms with E-state index in [-0.39, 0.29) is 5.69 Å². The summed E-state index contributed by atoms with van der Waals surface area (Å²) in [5, 5.41) is 7.50. The number of hydrogen-bond acceptors (Lipinski definition) is 5. The van der Waals surface area contributed by atoms with Gasteiger partial charge in [-0.2, -0.15) is 0 Å². The van der Waals surface area contributed by atoms with E-state index < -0.39 is 0 Å². The molecule has 1 aromatic carbocycles. The highest BCUT2D eigenvalue weighted by atomic mass is 35.5. The fourth-order valence-electron chi connectivity index (χ4n) is 1.73. The second-order valence-electron chi connectivity index (χ2n) is 4.28. The van der Waals surface area contributed by atoms with Crippen LogP contribution in [0, 0.1) is 0 Å². The number of halogens is 1. The molecular formula is C13H11ClN4O2S. The van der Waals surface area contributed by atoms with Crippen LogP contribution in [0.25, 0.3) is 11.5 Å². The highest BCUT2D eigenvalue weighted by molar-refractivity contribution is 7.98. The van der Waals surface area contributed by atoms with Crippen molar-refractivity contribution < 1.29 is 4.42 Å². The summed E-state index contributed by atoms with van der Waals surface area (Å²) in [6, 6.07) is 7.36. The van der Waals surface area contributed by atoms with Crippen molar-refractivity contribution in [1.82, 2.24) is 19.7 Å². The van der Waals surface area contributed by atoms with E-state index in [1.54, 1.807) is 19.4 Å². The van der Waals surface area contributed by atoms with Crippen LogP contribution in [-0.2, 0) is 12.8 Å². The Bertz CT molecular complexity index is 823. The molecule has 0 unspecified atom stereocenters. The van der Waals surface area contributed by atoms with Gasteiger partial charge in [0.15, 0.2) is 5.16 Å². The maximum absolute atomic E-state index is 11.3. The number of H-pyrrole nitrogens is 1. The molecule has 0 aliphatic carbocycles. The molecule has 0 aliphatic rings. The van der Waals surface area contributed by atoms with Crippen LogP contribution in [0.5, 0.6) is 0 Å².